The third kappa shape index (κ3) is 4.88. The van der Waals surface area contributed by atoms with Gasteiger partial charge in [-0.05, 0) is 37.5 Å². The van der Waals surface area contributed by atoms with Crippen LogP contribution in [0.15, 0.2) is 30.5 Å². The smallest absolute Gasteiger partial charge is 0.227 e. The Morgan fingerprint density at radius 1 is 1.15 bits per heavy atom. The number of carbonyl (C=O) groups excluding carboxylic acids is 1. The van der Waals surface area contributed by atoms with Crippen molar-refractivity contribution in [3.8, 4) is 5.75 Å². The number of nitrogens with one attached hydrogen (secondary N) is 1. The molecule has 0 radical (unpaired) electrons. The second-order valence-corrected chi connectivity index (χ2v) is 9.17. The highest BCUT2D eigenvalue weighted by atomic mass is 19.1. The molecule has 1 aromatic heterocycles. The van der Waals surface area contributed by atoms with Crippen molar-refractivity contribution in [1.82, 2.24) is 15.3 Å². The molecule has 3 aliphatic heterocycles. The molecular formula is C24H30FN5O3. The molecule has 176 valence electrons. The molecule has 0 saturated carbocycles. The number of ether oxygens (including phenoxy) is 2. The molecule has 2 bridgehead atoms. The minimum atomic E-state index is -0.410. The van der Waals surface area contributed by atoms with Crippen LogP contribution < -0.4 is 19.9 Å². The Labute approximate surface area is 193 Å². The van der Waals surface area contributed by atoms with Crippen molar-refractivity contribution in [3.05, 3.63) is 41.8 Å². The zero-order valence-corrected chi connectivity index (χ0v) is 19.0. The molecule has 2 aromatic rings. The van der Waals surface area contributed by atoms with Crippen LogP contribution in [0.4, 0.5) is 16.2 Å². The van der Waals surface area contributed by atoms with E-state index in [9.17, 15) is 9.18 Å². The van der Waals surface area contributed by atoms with Gasteiger partial charge in [0.15, 0.2) is 11.6 Å². The van der Waals surface area contributed by atoms with Crippen molar-refractivity contribution < 1.29 is 18.7 Å². The number of halogens is 1. The van der Waals surface area contributed by atoms with Crippen molar-refractivity contribution in [2.24, 2.45) is 0 Å². The van der Waals surface area contributed by atoms with E-state index in [1.54, 1.807) is 0 Å². The van der Waals surface area contributed by atoms with E-state index < -0.39 is 5.82 Å². The van der Waals surface area contributed by atoms with Crippen LogP contribution in [0.2, 0.25) is 0 Å². The number of morpholine rings is 1. The second kappa shape index (κ2) is 9.13. The number of amides is 1. The maximum absolute atomic E-state index is 14.6. The fourth-order valence-electron chi connectivity index (χ4n) is 4.93. The monoisotopic (exact) mass is 455 g/mol. The van der Waals surface area contributed by atoms with Gasteiger partial charge in [-0.2, -0.15) is 4.98 Å². The quantitative estimate of drug-likeness (QED) is 0.718. The molecule has 0 unspecified atom stereocenters. The van der Waals surface area contributed by atoms with E-state index in [0.29, 0.717) is 24.9 Å². The molecule has 1 aromatic carbocycles. The molecule has 3 saturated heterocycles. The maximum atomic E-state index is 14.6. The summed E-state index contributed by atoms with van der Waals surface area (Å²) in [5, 5.41) is 2.87. The molecule has 4 heterocycles. The highest BCUT2D eigenvalue weighted by Crippen LogP contribution is 2.30. The van der Waals surface area contributed by atoms with E-state index >= 15 is 0 Å². The third-order valence-electron chi connectivity index (χ3n) is 6.59. The zero-order valence-electron chi connectivity index (χ0n) is 19.0. The van der Waals surface area contributed by atoms with Gasteiger partial charge in [-0.1, -0.05) is 12.1 Å². The number of aromatic nitrogens is 2. The molecule has 3 aliphatic rings. The van der Waals surface area contributed by atoms with Gasteiger partial charge in [0, 0.05) is 33.0 Å². The van der Waals surface area contributed by atoms with Gasteiger partial charge in [-0.25, -0.2) is 9.37 Å². The number of fused-ring (bicyclic) bond motifs is 2. The number of rotatable bonds is 6. The van der Waals surface area contributed by atoms with Crippen molar-refractivity contribution in [2.45, 2.75) is 57.5 Å². The summed E-state index contributed by atoms with van der Waals surface area (Å²) < 4.78 is 26.7. The molecule has 3 fully saturated rings. The Morgan fingerprint density at radius 2 is 1.88 bits per heavy atom. The van der Waals surface area contributed by atoms with Crippen LogP contribution in [0.3, 0.4) is 0 Å². The lowest BCUT2D eigenvalue weighted by Crippen LogP contribution is -2.43. The summed E-state index contributed by atoms with van der Waals surface area (Å²) in [6, 6.07) is 7.66. The van der Waals surface area contributed by atoms with E-state index in [2.05, 4.69) is 20.2 Å². The average molecular weight is 456 g/mol. The first-order chi connectivity index (χ1) is 15.9. The fraction of sp³-hybridized carbons (Fsp3) is 0.542. The van der Waals surface area contributed by atoms with Crippen LogP contribution in [0, 0.1) is 5.82 Å². The highest BCUT2D eigenvalue weighted by molar-refractivity contribution is 5.73. The number of hydrogen-bond donors (Lipinski definition) is 1. The first-order valence-electron chi connectivity index (χ1n) is 11.7. The van der Waals surface area contributed by atoms with Crippen LogP contribution in [-0.2, 0) is 9.53 Å². The number of nitrogens with zero attached hydrogens (tertiary/aromatic N) is 4. The van der Waals surface area contributed by atoms with Crippen molar-refractivity contribution in [2.75, 3.05) is 36.0 Å². The number of hydrogen-bond acceptors (Lipinski definition) is 7. The minimum absolute atomic E-state index is 0.0549. The Kier molecular flexibility index (Phi) is 6.05. The molecule has 4 atom stereocenters. The summed E-state index contributed by atoms with van der Waals surface area (Å²) in [7, 11) is 0. The number of benzene rings is 1. The second-order valence-electron chi connectivity index (χ2n) is 9.17. The average Bonchev–Trinajstić information content (AvgIpc) is 3.39. The van der Waals surface area contributed by atoms with Crippen molar-refractivity contribution in [3.63, 3.8) is 0 Å². The molecule has 0 aliphatic carbocycles. The largest absolute Gasteiger partial charge is 0.489 e. The lowest BCUT2D eigenvalue weighted by Gasteiger charge is -2.32. The van der Waals surface area contributed by atoms with Gasteiger partial charge in [0.2, 0.25) is 11.9 Å². The Morgan fingerprint density at radius 3 is 2.58 bits per heavy atom. The standard InChI is InChI=1S/C24H30FN5O3/c1-15(27-16(2)31)17-3-5-18(6-4-17)32-21-9-10-29(12-21)23-22(25)11-26-24(28-23)30-13-19-7-8-20(14-30)33-19/h3-6,11,15,19-21H,7-10,12-14H2,1-2H3,(H,27,31)/t15-,19-,20-,21+/m0/s1. The van der Waals surface area contributed by atoms with Gasteiger partial charge in [-0.15, -0.1) is 0 Å². The van der Waals surface area contributed by atoms with Crippen molar-refractivity contribution in [1.29, 1.82) is 0 Å². The molecular weight excluding hydrogens is 425 g/mol. The van der Waals surface area contributed by atoms with E-state index in [-0.39, 0.29) is 30.3 Å². The van der Waals surface area contributed by atoms with E-state index in [1.165, 1.54) is 13.1 Å². The van der Waals surface area contributed by atoms with E-state index in [4.69, 9.17) is 9.47 Å². The van der Waals surface area contributed by atoms with Gasteiger partial charge in [-0.3, -0.25) is 4.79 Å². The molecule has 8 nitrogen and oxygen atoms in total. The molecule has 1 amide bonds. The van der Waals surface area contributed by atoms with E-state index in [0.717, 1.165) is 43.7 Å². The fourth-order valence-corrected chi connectivity index (χ4v) is 4.93. The van der Waals surface area contributed by atoms with E-state index in [1.807, 2.05) is 36.1 Å². The third-order valence-corrected chi connectivity index (χ3v) is 6.59. The lowest BCUT2D eigenvalue weighted by molar-refractivity contribution is -0.119. The van der Waals surface area contributed by atoms with Crippen LogP contribution in [0.25, 0.3) is 0 Å². The Balaban J connectivity index is 1.22. The summed E-state index contributed by atoms with van der Waals surface area (Å²) in [6.45, 7) is 6.19. The van der Waals surface area contributed by atoms with Gasteiger partial charge in [0.05, 0.1) is 31.0 Å². The zero-order chi connectivity index (χ0) is 22.9. The Hall–Kier alpha value is -2.94. The molecule has 0 spiro atoms. The lowest BCUT2D eigenvalue weighted by atomic mass is 10.1. The maximum Gasteiger partial charge on any atom is 0.227 e. The van der Waals surface area contributed by atoms with Crippen LogP contribution in [0.1, 0.15) is 44.7 Å². The minimum Gasteiger partial charge on any atom is -0.489 e. The molecule has 5 rings (SSSR count). The van der Waals surface area contributed by atoms with Gasteiger partial charge >= 0.3 is 0 Å². The SMILES string of the molecule is CC(=O)N[C@@H](C)c1ccc(O[C@@H]2CCN(c3nc(N4C[C@@H]5CC[C@@H](C4)O5)ncc3F)C2)cc1. The normalized spacial score (nSPS) is 25.2. The summed E-state index contributed by atoms with van der Waals surface area (Å²) >= 11 is 0. The van der Waals surface area contributed by atoms with Crippen LogP contribution in [0.5, 0.6) is 5.75 Å². The first-order valence-corrected chi connectivity index (χ1v) is 11.7. The predicted molar refractivity (Wildman–Crippen MR) is 122 cm³/mol. The number of anilines is 2. The summed E-state index contributed by atoms with van der Waals surface area (Å²) in [6.07, 6.45) is 4.57. The number of carbonyl (C=O) groups is 1. The molecule has 33 heavy (non-hydrogen) atoms. The van der Waals surface area contributed by atoms with Gasteiger partial charge in [0.25, 0.3) is 0 Å². The molecule has 1 N–H and O–H groups in total. The van der Waals surface area contributed by atoms with Crippen molar-refractivity contribution >= 4 is 17.7 Å². The Bertz CT molecular complexity index is 992. The first kappa shape index (κ1) is 21.9. The summed E-state index contributed by atoms with van der Waals surface area (Å²) in [4.78, 5) is 24.2. The van der Waals surface area contributed by atoms with Gasteiger partial charge < -0.3 is 24.6 Å². The predicted octanol–water partition coefficient (Wildman–Crippen LogP) is 2.84. The topological polar surface area (TPSA) is 79.8 Å². The molecule has 9 heteroatoms. The van der Waals surface area contributed by atoms with Crippen LogP contribution >= 0.6 is 0 Å². The van der Waals surface area contributed by atoms with Crippen LogP contribution in [-0.4, -0.2) is 60.4 Å². The highest BCUT2D eigenvalue weighted by Gasteiger charge is 2.35. The summed E-state index contributed by atoms with van der Waals surface area (Å²) in [5.41, 5.74) is 1.01. The summed E-state index contributed by atoms with van der Waals surface area (Å²) in [5.74, 6) is 1.19. The van der Waals surface area contributed by atoms with Gasteiger partial charge in [0.1, 0.15) is 11.9 Å².